The molecule has 3 aromatic rings. The van der Waals surface area contributed by atoms with Gasteiger partial charge in [-0.1, -0.05) is 65.5 Å². The maximum atomic E-state index is 14.1. The van der Waals surface area contributed by atoms with Gasteiger partial charge in [-0.15, -0.1) is 11.3 Å². The highest BCUT2D eigenvalue weighted by atomic mass is 35.5. The van der Waals surface area contributed by atoms with Crippen LogP contribution in [0.4, 0.5) is 0 Å². The Morgan fingerprint density at radius 1 is 1.15 bits per heavy atom. The van der Waals surface area contributed by atoms with Gasteiger partial charge in [0.15, 0.2) is 0 Å². The summed E-state index contributed by atoms with van der Waals surface area (Å²) in [5, 5.41) is 24.8. The summed E-state index contributed by atoms with van der Waals surface area (Å²) in [5.41, 5.74) is 4.51. The fourth-order valence-corrected chi connectivity index (χ4v) is 7.17. The zero-order valence-electron chi connectivity index (χ0n) is 21.9. The summed E-state index contributed by atoms with van der Waals surface area (Å²) in [7, 11) is 0. The lowest BCUT2D eigenvalue weighted by molar-refractivity contribution is -0.138. The Morgan fingerprint density at radius 3 is 2.68 bits per heavy atom. The van der Waals surface area contributed by atoms with Gasteiger partial charge in [0.25, 0.3) is 11.8 Å². The highest BCUT2D eigenvalue weighted by Crippen LogP contribution is 2.48. The fraction of sp³-hybridized carbons (Fsp3) is 0.379. The van der Waals surface area contributed by atoms with Crippen LogP contribution in [0.1, 0.15) is 75.7 Å². The van der Waals surface area contributed by atoms with Crippen molar-refractivity contribution in [3.63, 3.8) is 0 Å². The average Bonchev–Trinajstić information content (AvgIpc) is 3.46. The van der Waals surface area contributed by atoms with E-state index in [4.69, 9.17) is 28.0 Å². The molecule has 216 valence electrons. The second kappa shape index (κ2) is 13.0. The van der Waals surface area contributed by atoms with Crippen LogP contribution in [0, 0.1) is 4.91 Å². The monoisotopic (exact) mass is 617 g/mol. The quantitative estimate of drug-likeness (QED) is 0.209. The smallest absolute Gasteiger partial charge is 0.255 e. The van der Waals surface area contributed by atoms with Crippen molar-refractivity contribution in [3.05, 3.63) is 96.0 Å². The van der Waals surface area contributed by atoms with E-state index in [1.807, 2.05) is 0 Å². The molecule has 2 aromatic carbocycles. The lowest BCUT2D eigenvalue weighted by atomic mass is 9.76. The van der Waals surface area contributed by atoms with Crippen molar-refractivity contribution in [2.45, 2.75) is 62.4 Å². The van der Waals surface area contributed by atoms with Gasteiger partial charge in [0.05, 0.1) is 24.6 Å². The molecule has 1 saturated carbocycles. The van der Waals surface area contributed by atoms with Crippen molar-refractivity contribution in [2.24, 2.45) is 5.18 Å². The van der Waals surface area contributed by atoms with Gasteiger partial charge in [-0.3, -0.25) is 14.4 Å². The maximum absolute atomic E-state index is 14.1. The van der Waals surface area contributed by atoms with Crippen molar-refractivity contribution in [3.8, 4) is 0 Å². The zero-order valence-corrected chi connectivity index (χ0v) is 24.2. The van der Waals surface area contributed by atoms with Crippen LogP contribution in [-0.4, -0.2) is 45.6 Å². The lowest BCUT2D eigenvalue weighted by Crippen LogP contribution is -2.55. The van der Waals surface area contributed by atoms with E-state index in [2.05, 4.69) is 10.7 Å². The minimum atomic E-state index is -0.994. The molecule has 0 bridgehead atoms. The molecule has 1 fully saturated rings. The van der Waals surface area contributed by atoms with Gasteiger partial charge in [0.1, 0.15) is 18.8 Å². The number of nitroso groups, excluding NO2 is 1. The molecule has 0 saturated heterocycles. The van der Waals surface area contributed by atoms with Gasteiger partial charge in [-0.2, -0.15) is 4.91 Å². The van der Waals surface area contributed by atoms with E-state index in [-0.39, 0.29) is 12.5 Å². The van der Waals surface area contributed by atoms with Crippen LogP contribution < -0.4 is 5.48 Å². The average molecular weight is 619 g/mol. The van der Waals surface area contributed by atoms with Crippen LogP contribution in [0.2, 0.25) is 10.0 Å². The van der Waals surface area contributed by atoms with Gasteiger partial charge < -0.3 is 15.1 Å². The largest absolute Gasteiger partial charge is 0.393 e. The molecule has 1 aliphatic heterocycles. The minimum Gasteiger partial charge on any atom is -0.393 e. The van der Waals surface area contributed by atoms with Crippen LogP contribution >= 0.6 is 34.5 Å². The van der Waals surface area contributed by atoms with E-state index in [0.29, 0.717) is 45.1 Å². The van der Waals surface area contributed by atoms with Gasteiger partial charge in [0.2, 0.25) is 0 Å². The number of rotatable bonds is 9. The Balaban J connectivity index is 1.52. The van der Waals surface area contributed by atoms with E-state index in [0.717, 1.165) is 17.7 Å². The molecule has 1 unspecified atom stereocenters. The van der Waals surface area contributed by atoms with Crippen LogP contribution in [-0.2, 0) is 16.2 Å². The third-order valence-electron chi connectivity index (χ3n) is 7.75. The minimum absolute atomic E-state index is 0.0255. The number of aliphatic hydroxyl groups excluding tert-OH is 2. The number of aliphatic hydroxyl groups is 2. The Morgan fingerprint density at radius 2 is 1.93 bits per heavy atom. The molecule has 12 heteroatoms. The number of hydroxylamine groups is 1. The number of benzene rings is 2. The number of nitrogens with one attached hydrogen (secondary N) is 1. The first-order chi connectivity index (χ1) is 19.8. The predicted octanol–water partition coefficient (Wildman–Crippen LogP) is 5.69. The first kappa shape index (κ1) is 29.6. The van der Waals surface area contributed by atoms with Crippen molar-refractivity contribution < 1.29 is 24.6 Å². The normalized spacial score (nSPS) is 23.1. The number of hydrogen-bond donors (Lipinski definition) is 3. The molecule has 9 nitrogen and oxygen atoms in total. The number of thiophene rings is 1. The van der Waals surface area contributed by atoms with Gasteiger partial charge in [-0.05, 0) is 59.2 Å². The molecule has 5 atom stereocenters. The van der Waals surface area contributed by atoms with E-state index >= 15 is 0 Å². The maximum Gasteiger partial charge on any atom is 0.255 e. The third-order valence-corrected chi connectivity index (χ3v) is 9.24. The molecular formula is C29H29Cl2N3O6S. The second-order valence-electron chi connectivity index (χ2n) is 10.2. The summed E-state index contributed by atoms with van der Waals surface area (Å²) >= 11 is 14.2. The van der Waals surface area contributed by atoms with Crippen LogP contribution in [0.15, 0.2) is 59.1 Å². The van der Waals surface area contributed by atoms with Crippen LogP contribution in [0.5, 0.6) is 0 Å². The Kier molecular flexibility index (Phi) is 9.38. The Hall–Kier alpha value is -2.86. The highest BCUT2D eigenvalue weighted by Gasteiger charge is 2.49. The van der Waals surface area contributed by atoms with Crippen LogP contribution in [0.25, 0.3) is 0 Å². The molecule has 1 aliphatic carbocycles. The summed E-state index contributed by atoms with van der Waals surface area (Å²) < 4.78 is 0. The predicted molar refractivity (Wildman–Crippen MR) is 156 cm³/mol. The molecule has 2 amide bonds. The lowest BCUT2D eigenvalue weighted by Gasteiger charge is -2.47. The number of halogens is 2. The summed E-state index contributed by atoms with van der Waals surface area (Å²) in [6.45, 7) is -0.377. The standard InChI is InChI=1S/C29H29Cl2N3O6S/c30-17-9-10-21(22(31)12-17)27-26(28(37)33-40-14-18-11-16(15-41-18)25(36)13-35)19-5-1-2-6-20(19)29(38)34(27)24-8-4-3-7-23(24)32-39/h1-2,5-6,9-12,15,23-27,35-36H,3-4,7-8,13-14H2,(H,33,37)/t23-,24-,25?,26+,27-/m0/s1. The number of nitrogens with zero attached hydrogens (tertiary/aromatic N) is 2. The number of fused-ring (bicyclic) bond motifs is 1. The number of hydrogen-bond acceptors (Lipinski definition) is 8. The Bertz CT molecular complexity index is 1440. The summed E-state index contributed by atoms with van der Waals surface area (Å²) in [4.78, 5) is 47.9. The van der Waals surface area contributed by atoms with Gasteiger partial charge in [-0.25, -0.2) is 5.48 Å². The molecule has 2 heterocycles. The van der Waals surface area contributed by atoms with E-state index in [9.17, 15) is 24.7 Å². The molecular weight excluding hydrogens is 589 g/mol. The molecule has 3 N–H and O–H groups in total. The fourth-order valence-electron chi connectivity index (χ4n) is 5.81. The SMILES string of the molecule is O=N[C@H]1CCCC[C@@H]1N1C(=O)c2ccccc2[C@@H](C(=O)NOCc2cc(C(O)CO)cs2)[C@@H]1c1ccc(Cl)cc1Cl. The molecule has 0 radical (unpaired) electrons. The van der Waals surface area contributed by atoms with E-state index in [1.54, 1.807) is 58.8 Å². The summed E-state index contributed by atoms with van der Waals surface area (Å²) in [5.74, 6) is -1.72. The number of amides is 2. The van der Waals surface area contributed by atoms with Crippen molar-refractivity contribution in [2.75, 3.05) is 6.61 Å². The topological polar surface area (TPSA) is 129 Å². The van der Waals surface area contributed by atoms with E-state index in [1.165, 1.54) is 11.3 Å². The third kappa shape index (κ3) is 6.04. The van der Waals surface area contributed by atoms with Crippen LogP contribution in [0.3, 0.4) is 0 Å². The molecule has 41 heavy (non-hydrogen) atoms. The highest BCUT2D eigenvalue weighted by molar-refractivity contribution is 7.10. The van der Waals surface area contributed by atoms with Gasteiger partial charge >= 0.3 is 0 Å². The molecule has 2 aliphatic rings. The summed E-state index contributed by atoms with van der Waals surface area (Å²) in [6, 6.07) is 11.6. The first-order valence-electron chi connectivity index (χ1n) is 13.3. The summed E-state index contributed by atoms with van der Waals surface area (Å²) in [6.07, 6.45) is 1.77. The molecule has 0 spiro atoms. The van der Waals surface area contributed by atoms with Crippen molar-refractivity contribution in [1.82, 2.24) is 10.4 Å². The first-order valence-corrected chi connectivity index (χ1v) is 14.9. The van der Waals surface area contributed by atoms with Crippen molar-refractivity contribution >= 4 is 46.4 Å². The van der Waals surface area contributed by atoms with Gasteiger partial charge in [0, 0.05) is 20.5 Å². The molecule has 1 aromatic heterocycles. The molecule has 5 rings (SSSR count). The Labute approximate surface area is 251 Å². The number of carbonyl (C=O) groups excluding carboxylic acids is 2. The van der Waals surface area contributed by atoms with E-state index < -0.39 is 42.7 Å². The van der Waals surface area contributed by atoms with Crippen molar-refractivity contribution in [1.29, 1.82) is 0 Å². The second-order valence-corrected chi connectivity index (χ2v) is 12.1. The zero-order chi connectivity index (χ0) is 29.1. The number of carbonyl (C=O) groups is 2.